The number of hydrogen-bond donors (Lipinski definition) is 2. The van der Waals surface area contributed by atoms with Gasteiger partial charge in [-0.15, -0.1) is 0 Å². The fraction of sp³-hybridized carbons (Fsp3) is 0.211. The Labute approximate surface area is 150 Å². The van der Waals surface area contributed by atoms with E-state index in [-0.39, 0.29) is 6.04 Å². The minimum atomic E-state index is 0.113. The van der Waals surface area contributed by atoms with Crippen LogP contribution in [0.15, 0.2) is 61.4 Å². The first-order chi connectivity index (χ1) is 12.9. The van der Waals surface area contributed by atoms with Crippen LogP contribution < -0.4 is 0 Å². The summed E-state index contributed by atoms with van der Waals surface area (Å²) in [6.45, 7) is 1.73. The summed E-state index contributed by atoms with van der Waals surface area (Å²) in [5.41, 5.74) is 4.60. The molecule has 7 nitrogen and oxygen atoms in total. The number of benzene rings is 1. The van der Waals surface area contributed by atoms with E-state index >= 15 is 0 Å². The zero-order valence-electron chi connectivity index (χ0n) is 14.2. The van der Waals surface area contributed by atoms with Crippen molar-refractivity contribution in [2.75, 3.05) is 6.54 Å². The van der Waals surface area contributed by atoms with E-state index in [1.54, 1.807) is 18.7 Å². The van der Waals surface area contributed by atoms with Crippen LogP contribution in [0.25, 0.3) is 5.69 Å². The van der Waals surface area contributed by atoms with Gasteiger partial charge in [0.05, 0.1) is 30.3 Å². The van der Waals surface area contributed by atoms with Crippen LogP contribution in [0, 0.1) is 0 Å². The maximum atomic E-state index is 4.62. The molecule has 5 rings (SSSR count). The molecule has 1 atom stereocenters. The van der Waals surface area contributed by atoms with Crippen molar-refractivity contribution in [3.05, 3.63) is 84.2 Å². The summed E-state index contributed by atoms with van der Waals surface area (Å²) in [4.78, 5) is 17.9. The second kappa shape index (κ2) is 6.27. The Balaban J connectivity index is 1.50. The fourth-order valence-corrected chi connectivity index (χ4v) is 3.67. The zero-order valence-corrected chi connectivity index (χ0v) is 14.2. The van der Waals surface area contributed by atoms with Crippen molar-refractivity contribution in [3.8, 4) is 5.69 Å². The lowest BCUT2D eigenvalue weighted by atomic mass is 9.95. The van der Waals surface area contributed by atoms with Crippen LogP contribution in [0.5, 0.6) is 0 Å². The highest BCUT2D eigenvalue weighted by molar-refractivity contribution is 5.39. The van der Waals surface area contributed by atoms with Gasteiger partial charge >= 0.3 is 0 Å². The highest BCUT2D eigenvalue weighted by atomic mass is 15.3. The third-order valence-electron chi connectivity index (χ3n) is 4.91. The number of nitrogens with one attached hydrogen (secondary N) is 2. The maximum absolute atomic E-state index is 4.62. The van der Waals surface area contributed by atoms with Crippen LogP contribution in [-0.2, 0) is 13.0 Å². The van der Waals surface area contributed by atoms with Crippen LogP contribution in [0.3, 0.4) is 0 Å². The quantitative estimate of drug-likeness (QED) is 0.596. The van der Waals surface area contributed by atoms with E-state index in [2.05, 4.69) is 54.2 Å². The van der Waals surface area contributed by atoms with E-state index in [1.807, 2.05) is 23.1 Å². The van der Waals surface area contributed by atoms with Crippen molar-refractivity contribution in [2.45, 2.75) is 19.0 Å². The monoisotopic (exact) mass is 345 g/mol. The summed E-state index contributed by atoms with van der Waals surface area (Å²) in [5, 5.41) is 4.30. The fourth-order valence-electron chi connectivity index (χ4n) is 3.67. The van der Waals surface area contributed by atoms with Crippen molar-refractivity contribution in [2.24, 2.45) is 0 Å². The number of rotatable bonds is 4. The Kier molecular flexibility index (Phi) is 3.64. The van der Waals surface area contributed by atoms with Gasteiger partial charge in [-0.25, -0.2) is 14.6 Å². The molecular formula is C19H19N7. The number of imidazole rings is 2. The number of nitrogens with zero attached hydrogens (tertiary/aromatic N) is 5. The molecule has 4 heterocycles. The Morgan fingerprint density at radius 2 is 2.00 bits per heavy atom. The van der Waals surface area contributed by atoms with Crippen LogP contribution in [-0.4, -0.2) is 41.2 Å². The SMILES string of the molecule is c1cnn(-c2ccc(C3c4nc[nH]c4CCN3Cc3ncc[nH]3)cc2)c1. The predicted octanol–water partition coefficient (Wildman–Crippen LogP) is 2.47. The molecule has 3 aromatic heterocycles. The van der Waals surface area contributed by atoms with Crippen molar-refractivity contribution >= 4 is 0 Å². The zero-order chi connectivity index (χ0) is 17.3. The third kappa shape index (κ3) is 2.62. The molecule has 0 saturated carbocycles. The van der Waals surface area contributed by atoms with Crippen molar-refractivity contribution < 1.29 is 0 Å². The molecular weight excluding hydrogens is 326 g/mol. The molecule has 0 amide bonds. The minimum Gasteiger partial charge on any atom is -0.348 e. The Morgan fingerprint density at radius 1 is 1.08 bits per heavy atom. The number of aromatic amines is 2. The average Bonchev–Trinajstić information content (AvgIpc) is 3.44. The molecule has 0 saturated heterocycles. The smallest absolute Gasteiger partial charge is 0.120 e. The summed E-state index contributed by atoms with van der Waals surface area (Å²) in [6, 6.07) is 10.6. The largest absolute Gasteiger partial charge is 0.348 e. The van der Waals surface area contributed by atoms with Crippen LogP contribution in [0.4, 0.5) is 0 Å². The first kappa shape index (κ1) is 15.1. The number of fused-ring (bicyclic) bond motifs is 1. The minimum absolute atomic E-state index is 0.113. The van der Waals surface area contributed by atoms with Gasteiger partial charge in [0.15, 0.2) is 0 Å². The third-order valence-corrected chi connectivity index (χ3v) is 4.91. The predicted molar refractivity (Wildman–Crippen MR) is 96.7 cm³/mol. The first-order valence-corrected chi connectivity index (χ1v) is 8.73. The van der Waals surface area contributed by atoms with Crippen molar-refractivity contribution in [1.29, 1.82) is 0 Å². The molecule has 26 heavy (non-hydrogen) atoms. The molecule has 1 unspecified atom stereocenters. The van der Waals surface area contributed by atoms with Crippen LogP contribution in [0.2, 0.25) is 0 Å². The normalized spacial score (nSPS) is 17.3. The van der Waals surface area contributed by atoms with E-state index in [0.29, 0.717) is 0 Å². The number of H-pyrrole nitrogens is 2. The molecule has 0 fully saturated rings. The first-order valence-electron chi connectivity index (χ1n) is 8.73. The van der Waals surface area contributed by atoms with E-state index in [1.165, 1.54) is 11.3 Å². The van der Waals surface area contributed by atoms with Gasteiger partial charge in [0, 0.05) is 43.4 Å². The van der Waals surface area contributed by atoms with E-state index < -0.39 is 0 Å². The molecule has 0 spiro atoms. The van der Waals surface area contributed by atoms with Gasteiger partial charge in [-0.05, 0) is 23.8 Å². The van der Waals surface area contributed by atoms with Gasteiger partial charge in [0.2, 0.25) is 0 Å². The highest BCUT2D eigenvalue weighted by Gasteiger charge is 2.31. The van der Waals surface area contributed by atoms with E-state index in [0.717, 1.165) is 36.7 Å². The van der Waals surface area contributed by atoms with Gasteiger partial charge in [-0.2, -0.15) is 5.10 Å². The number of hydrogen-bond acceptors (Lipinski definition) is 4. The molecule has 130 valence electrons. The Morgan fingerprint density at radius 3 is 2.77 bits per heavy atom. The topological polar surface area (TPSA) is 78.4 Å². The second-order valence-corrected chi connectivity index (χ2v) is 6.47. The average molecular weight is 345 g/mol. The maximum Gasteiger partial charge on any atom is 0.120 e. The molecule has 4 aromatic rings. The van der Waals surface area contributed by atoms with Crippen LogP contribution in [0.1, 0.15) is 28.8 Å². The highest BCUT2D eigenvalue weighted by Crippen LogP contribution is 2.34. The van der Waals surface area contributed by atoms with Crippen LogP contribution >= 0.6 is 0 Å². The van der Waals surface area contributed by atoms with Gasteiger partial charge in [-0.3, -0.25) is 4.90 Å². The molecule has 0 aliphatic carbocycles. The Hall–Kier alpha value is -3.19. The van der Waals surface area contributed by atoms with Crippen molar-refractivity contribution in [3.63, 3.8) is 0 Å². The summed E-state index contributed by atoms with van der Waals surface area (Å²) >= 11 is 0. The molecule has 1 aliphatic heterocycles. The lowest BCUT2D eigenvalue weighted by Gasteiger charge is -2.34. The lowest BCUT2D eigenvalue weighted by Crippen LogP contribution is -2.36. The standard InChI is InChI=1S/C19H19N7/c1-7-24-26(10-1)15-4-2-14(3-5-15)19-18-16(22-13-23-18)6-11-25(19)12-17-20-8-9-21-17/h1-5,7-10,13,19H,6,11-12H2,(H,20,21)(H,22,23). The van der Waals surface area contributed by atoms with E-state index in [9.17, 15) is 0 Å². The summed E-state index contributed by atoms with van der Waals surface area (Å²) < 4.78 is 1.87. The summed E-state index contributed by atoms with van der Waals surface area (Å²) in [5.74, 6) is 0.974. The van der Waals surface area contributed by atoms with Crippen molar-refractivity contribution in [1.82, 2.24) is 34.6 Å². The molecule has 1 aliphatic rings. The molecule has 1 aromatic carbocycles. The van der Waals surface area contributed by atoms with Gasteiger partial charge in [0.1, 0.15) is 5.82 Å². The molecule has 7 heteroatoms. The summed E-state index contributed by atoms with van der Waals surface area (Å²) in [6.07, 6.45) is 10.2. The second-order valence-electron chi connectivity index (χ2n) is 6.47. The molecule has 0 radical (unpaired) electrons. The lowest BCUT2D eigenvalue weighted by molar-refractivity contribution is 0.196. The van der Waals surface area contributed by atoms with Gasteiger partial charge in [0.25, 0.3) is 0 Å². The summed E-state index contributed by atoms with van der Waals surface area (Å²) in [7, 11) is 0. The Bertz CT molecular complexity index is 968. The molecule has 2 N–H and O–H groups in total. The van der Waals surface area contributed by atoms with Gasteiger partial charge in [-0.1, -0.05) is 12.1 Å². The number of aromatic nitrogens is 6. The van der Waals surface area contributed by atoms with E-state index in [4.69, 9.17) is 0 Å². The van der Waals surface area contributed by atoms with Gasteiger partial charge < -0.3 is 9.97 Å². The molecule has 0 bridgehead atoms.